The first-order valence-corrected chi connectivity index (χ1v) is 7.55. The van der Waals surface area contributed by atoms with Crippen LogP contribution in [0, 0.1) is 23.2 Å². The van der Waals surface area contributed by atoms with Crippen LogP contribution in [0.15, 0.2) is 12.4 Å². The highest BCUT2D eigenvalue weighted by Crippen LogP contribution is 2.39. The summed E-state index contributed by atoms with van der Waals surface area (Å²) in [6, 6.07) is 2.78. The summed E-state index contributed by atoms with van der Waals surface area (Å²) in [5, 5.41) is 9.08. The van der Waals surface area contributed by atoms with Crippen molar-refractivity contribution in [2.45, 2.75) is 25.3 Å². The minimum Gasteiger partial charge on any atom is -0.351 e. The Bertz CT molecular complexity index is 533. The molecule has 3 aliphatic rings. The van der Waals surface area contributed by atoms with Crippen LogP contribution in [-0.2, 0) is 0 Å². The van der Waals surface area contributed by atoms with Gasteiger partial charge in [-0.1, -0.05) is 6.42 Å². The van der Waals surface area contributed by atoms with Crippen LogP contribution >= 0.6 is 0 Å². The number of nitrogens with zero attached hydrogens (tertiary/aromatic N) is 5. The molecule has 0 N–H and O–H groups in total. The second kappa shape index (κ2) is 4.71. The Hall–Kier alpha value is -1.67. The van der Waals surface area contributed by atoms with Crippen molar-refractivity contribution in [2.24, 2.45) is 11.8 Å². The molecule has 2 atom stereocenters. The van der Waals surface area contributed by atoms with Gasteiger partial charge in [0.1, 0.15) is 6.07 Å². The Morgan fingerprint density at radius 2 is 1.75 bits per heavy atom. The molecule has 0 bridgehead atoms. The summed E-state index contributed by atoms with van der Waals surface area (Å²) in [7, 11) is 0. The number of anilines is 1. The molecule has 1 saturated carbocycles. The molecule has 20 heavy (non-hydrogen) atoms. The minimum atomic E-state index is 0.448. The van der Waals surface area contributed by atoms with Crippen LogP contribution in [0.3, 0.4) is 0 Å². The van der Waals surface area contributed by atoms with E-state index >= 15 is 0 Å². The second-order valence-corrected chi connectivity index (χ2v) is 6.30. The summed E-state index contributed by atoms with van der Waals surface area (Å²) in [5.41, 5.74) is 0.448. The van der Waals surface area contributed by atoms with Crippen LogP contribution in [0.4, 0.5) is 5.82 Å². The fourth-order valence-corrected chi connectivity index (χ4v) is 4.07. The lowest BCUT2D eigenvalue weighted by Crippen LogP contribution is -2.59. The zero-order chi connectivity index (χ0) is 13.5. The molecule has 5 heteroatoms. The molecule has 3 fully saturated rings. The van der Waals surface area contributed by atoms with Crippen molar-refractivity contribution in [1.29, 1.82) is 5.26 Å². The molecule has 0 radical (unpaired) electrons. The van der Waals surface area contributed by atoms with Gasteiger partial charge in [0, 0.05) is 44.6 Å². The molecule has 0 aromatic carbocycles. The highest BCUT2D eigenvalue weighted by molar-refractivity contribution is 5.52. The van der Waals surface area contributed by atoms with Crippen molar-refractivity contribution in [3.05, 3.63) is 18.1 Å². The molecule has 1 aliphatic carbocycles. The number of hydrogen-bond acceptors (Lipinski definition) is 5. The van der Waals surface area contributed by atoms with Gasteiger partial charge in [0.2, 0.25) is 0 Å². The average Bonchev–Trinajstić information content (AvgIpc) is 2.99. The number of aromatic nitrogens is 2. The monoisotopic (exact) mass is 269 g/mol. The molecule has 0 amide bonds. The van der Waals surface area contributed by atoms with E-state index in [-0.39, 0.29) is 0 Å². The van der Waals surface area contributed by atoms with Gasteiger partial charge < -0.3 is 4.90 Å². The van der Waals surface area contributed by atoms with Gasteiger partial charge >= 0.3 is 0 Å². The van der Waals surface area contributed by atoms with Crippen molar-refractivity contribution in [3.63, 3.8) is 0 Å². The molecule has 3 heterocycles. The Kier molecular flexibility index (Phi) is 2.85. The highest BCUT2D eigenvalue weighted by atomic mass is 15.3. The molecular weight excluding hydrogens is 250 g/mol. The lowest BCUT2D eigenvalue weighted by Gasteiger charge is -2.45. The molecule has 0 spiro atoms. The molecule has 104 valence electrons. The van der Waals surface area contributed by atoms with Gasteiger partial charge in [0.05, 0.1) is 0 Å². The van der Waals surface area contributed by atoms with Crippen LogP contribution in [0.1, 0.15) is 25.0 Å². The van der Waals surface area contributed by atoms with Gasteiger partial charge in [-0.15, -0.1) is 0 Å². The molecule has 2 saturated heterocycles. The maximum Gasteiger partial charge on any atom is 0.183 e. The van der Waals surface area contributed by atoms with Crippen molar-refractivity contribution >= 4 is 5.82 Å². The topological polar surface area (TPSA) is 56.1 Å². The van der Waals surface area contributed by atoms with Gasteiger partial charge in [-0.05, 0) is 24.7 Å². The van der Waals surface area contributed by atoms with E-state index in [2.05, 4.69) is 25.8 Å². The lowest BCUT2D eigenvalue weighted by molar-refractivity contribution is 0.189. The van der Waals surface area contributed by atoms with E-state index in [4.69, 9.17) is 5.26 Å². The number of nitriles is 1. The van der Waals surface area contributed by atoms with Crippen molar-refractivity contribution < 1.29 is 0 Å². The quantitative estimate of drug-likeness (QED) is 0.809. The van der Waals surface area contributed by atoms with Crippen molar-refractivity contribution in [1.82, 2.24) is 14.9 Å². The summed E-state index contributed by atoms with van der Waals surface area (Å²) >= 11 is 0. The van der Waals surface area contributed by atoms with Crippen LogP contribution in [0.5, 0.6) is 0 Å². The average molecular weight is 269 g/mol. The smallest absolute Gasteiger partial charge is 0.183 e. The molecule has 4 rings (SSSR count). The van der Waals surface area contributed by atoms with E-state index in [0.29, 0.717) is 11.7 Å². The van der Waals surface area contributed by atoms with E-state index in [1.54, 1.807) is 12.4 Å². The lowest BCUT2D eigenvalue weighted by atomic mass is 10.0. The van der Waals surface area contributed by atoms with Crippen LogP contribution in [-0.4, -0.2) is 47.1 Å². The predicted octanol–water partition coefficient (Wildman–Crippen LogP) is 1.27. The fourth-order valence-electron chi connectivity index (χ4n) is 4.07. The molecule has 5 nitrogen and oxygen atoms in total. The van der Waals surface area contributed by atoms with E-state index in [0.717, 1.165) is 30.7 Å². The third-order valence-corrected chi connectivity index (χ3v) is 5.22. The van der Waals surface area contributed by atoms with E-state index in [9.17, 15) is 0 Å². The number of likely N-dealkylation sites (tertiary alicyclic amines) is 1. The number of rotatable bonds is 2. The largest absolute Gasteiger partial charge is 0.351 e. The van der Waals surface area contributed by atoms with Crippen LogP contribution < -0.4 is 4.90 Å². The highest BCUT2D eigenvalue weighted by Gasteiger charge is 2.42. The first-order valence-electron chi connectivity index (χ1n) is 7.55. The Morgan fingerprint density at radius 3 is 2.45 bits per heavy atom. The van der Waals surface area contributed by atoms with Gasteiger partial charge in [0.15, 0.2) is 11.5 Å². The first-order chi connectivity index (χ1) is 9.85. The standard InChI is InChI=1S/C15H19N5/c16-6-14-15(18-5-4-17-14)20-9-13(10-20)19-7-11-2-1-3-12(11)8-19/h4-5,11-13H,1-3,7-10H2. The molecule has 2 aliphatic heterocycles. The molecule has 2 unspecified atom stereocenters. The molecule has 1 aromatic heterocycles. The minimum absolute atomic E-state index is 0.448. The van der Waals surface area contributed by atoms with Gasteiger partial charge in [-0.2, -0.15) is 5.26 Å². The summed E-state index contributed by atoms with van der Waals surface area (Å²) in [4.78, 5) is 13.2. The predicted molar refractivity (Wildman–Crippen MR) is 75.2 cm³/mol. The summed E-state index contributed by atoms with van der Waals surface area (Å²) in [5.74, 6) is 2.66. The Morgan fingerprint density at radius 1 is 1.05 bits per heavy atom. The first kappa shape index (κ1) is 12.1. The Balaban J connectivity index is 1.39. The zero-order valence-corrected chi connectivity index (χ0v) is 11.6. The molecule has 1 aromatic rings. The maximum absolute atomic E-state index is 9.08. The molecular formula is C15H19N5. The van der Waals surface area contributed by atoms with Gasteiger partial charge in [-0.3, -0.25) is 4.90 Å². The van der Waals surface area contributed by atoms with E-state index in [1.165, 1.54) is 32.4 Å². The number of fused-ring (bicyclic) bond motifs is 1. The maximum atomic E-state index is 9.08. The third-order valence-electron chi connectivity index (χ3n) is 5.22. The van der Waals surface area contributed by atoms with Crippen molar-refractivity contribution in [2.75, 3.05) is 31.1 Å². The SMILES string of the molecule is N#Cc1nccnc1N1CC(N2CC3CCCC3C2)C1. The number of hydrogen-bond donors (Lipinski definition) is 0. The zero-order valence-electron chi connectivity index (χ0n) is 11.6. The van der Waals surface area contributed by atoms with E-state index in [1.807, 2.05) is 0 Å². The van der Waals surface area contributed by atoms with Gasteiger partial charge in [-0.25, -0.2) is 9.97 Å². The van der Waals surface area contributed by atoms with Gasteiger partial charge in [0.25, 0.3) is 0 Å². The normalized spacial score (nSPS) is 30.1. The van der Waals surface area contributed by atoms with Crippen molar-refractivity contribution in [3.8, 4) is 6.07 Å². The van der Waals surface area contributed by atoms with Crippen LogP contribution in [0.2, 0.25) is 0 Å². The third kappa shape index (κ3) is 1.87. The summed E-state index contributed by atoms with van der Waals surface area (Å²) in [6.07, 6.45) is 7.55. The van der Waals surface area contributed by atoms with Crippen LogP contribution in [0.25, 0.3) is 0 Å². The fraction of sp³-hybridized carbons (Fsp3) is 0.667. The van der Waals surface area contributed by atoms with E-state index < -0.39 is 0 Å². The Labute approximate surface area is 119 Å². The summed E-state index contributed by atoms with van der Waals surface area (Å²) < 4.78 is 0. The second-order valence-electron chi connectivity index (χ2n) is 6.30. The summed E-state index contributed by atoms with van der Waals surface area (Å²) in [6.45, 7) is 4.56.